The van der Waals surface area contributed by atoms with Crippen molar-refractivity contribution < 1.29 is 14.7 Å². The zero-order valence-corrected chi connectivity index (χ0v) is 12.7. The number of H-pyrrole nitrogens is 1. The molecule has 1 aliphatic heterocycles. The average Bonchev–Trinajstić information content (AvgIpc) is 2.88. The average molecular weight is 294 g/mol. The molecule has 1 aromatic heterocycles. The lowest BCUT2D eigenvalue weighted by Crippen LogP contribution is -2.58. The van der Waals surface area contributed by atoms with Gasteiger partial charge in [0, 0.05) is 25.4 Å². The van der Waals surface area contributed by atoms with Crippen LogP contribution in [0.4, 0.5) is 4.79 Å². The summed E-state index contributed by atoms with van der Waals surface area (Å²) in [4.78, 5) is 27.2. The van der Waals surface area contributed by atoms with Gasteiger partial charge in [-0.1, -0.05) is 13.8 Å². The van der Waals surface area contributed by atoms with Gasteiger partial charge in [-0.3, -0.25) is 5.10 Å². The fourth-order valence-electron chi connectivity index (χ4n) is 2.99. The first-order valence-corrected chi connectivity index (χ1v) is 7.05. The number of aliphatic carboxylic acids is 1. The van der Waals surface area contributed by atoms with E-state index >= 15 is 0 Å². The van der Waals surface area contributed by atoms with E-state index in [0.717, 1.165) is 18.4 Å². The molecule has 7 heteroatoms. The highest BCUT2D eigenvalue weighted by molar-refractivity contribution is 5.83. The van der Waals surface area contributed by atoms with E-state index in [4.69, 9.17) is 0 Å². The number of carboxylic acids is 1. The van der Waals surface area contributed by atoms with Crippen LogP contribution < -0.4 is 0 Å². The molecule has 0 aromatic carbocycles. The number of aromatic nitrogens is 2. The van der Waals surface area contributed by atoms with Crippen molar-refractivity contribution in [3.05, 3.63) is 18.0 Å². The lowest BCUT2D eigenvalue weighted by molar-refractivity contribution is -0.148. The normalized spacial score (nSPS) is 21.1. The van der Waals surface area contributed by atoms with Crippen LogP contribution in [-0.2, 0) is 11.3 Å². The number of aromatic amines is 1. The summed E-state index contributed by atoms with van der Waals surface area (Å²) in [5, 5.41) is 16.0. The number of carbonyl (C=O) groups excluding carboxylic acids is 1. The Bertz CT molecular complexity index is 512. The molecule has 0 saturated carbocycles. The Hall–Kier alpha value is -2.05. The van der Waals surface area contributed by atoms with Crippen LogP contribution in [0.2, 0.25) is 0 Å². The van der Waals surface area contributed by atoms with Gasteiger partial charge < -0.3 is 14.9 Å². The number of urea groups is 1. The van der Waals surface area contributed by atoms with Crippen LogP contribution in [0, 0.1) is 5.41 Å². The van der Waals surface area contributed by atoms with Crippen molar-refractivity contribution in [3.8, 4) is 0 Å². The van der Waals surface area contributed by atoms with Gasteiger partial charge in [-0.05, 0) is 18.3 Å². The zero-order chi connectivity index (χ0) is 15.6. The van der Waals surface area contributed by atoms with E-state index in [9.17, 15) is 14.7 Å². The van der Waals surface area contributed by atoms with E-state index in [1.807, 2.05) is 13.8 Å². The third-order valence-corrected chi connectivity index (χ3v) is 4.05. The number of piperidine rings is 1. The Balaban J connectivity index is 2.14. The first-order valence-electron chi connectivity index (χ1n) is 7.05. The highest BCUT2D eigenvalue weighted by atomic mass is 16.4. The van der Waals surface area contributed by atoms with E-state index in [-0.39, 0.29) is 6.03 Å². The minimum atomic E-state index is -0.940. The molecule has 0 aliphatic carbocycles. The summed E-state index contributed by atoms with van der Waals surface area (Å²) >= 11 is 0. The van der Waals surface area contributed by atoms with Crippen LogP contribution in [0.1, 0.15) is 32.3 Å². The van der Waals surface area contributed by atoms with Gasteiger partial charge in [-0.25, -0.2) is 9.59 Å². The maximum Gasteiger partial charge on any atom is 0.327 e. The predicted molar refractivity (Wildman–Crippen MR) is 76.6 cm³/mol. The highest BCUT2D eigenvalue weighted by Crippen LogP contribution is 2.35. The van der Waals surface area contributed by atoms with Crippen LogP contribution in [-0.4, -0.2) is 56.7 Å². The van der Waals surface area contributed by atoms with E-state index in [0.29, 0.717) is 13.1 Å². The highest BCUT2D eigenvalue weighted by Gasteiger charge is 2.45. The summed E-state index contributed by atoms with van der Waals surface area (Å²) in [7, 11) is 1.68. The molecule has 21 heavy (non-hydrogen) atoms. The van der Waals surface area contributed by atoms with Gasteiger partial charge in [0.1, 0.15) is 6.04 Å². The third-order valence-electron chi connectivity index (χ3n) is 4.05. The zero-order valence-electron chi connectivity index (χ0n) is 12.7. The molecule has 2 heterocycles. The largest absolute Gasteiger partial charge is 0.480 e. The Labute approximate surface area is 123 Å². The summed E-state index contributed by atoms with van der Waals surface area (Å²) in [5.41, 5.74) is 0.463. The predicted octanol–water partition coefficient (Wildman–Crippen LogP) is 1.54. The standard InChI is InChI=1S/C14H22N4O3/c1-14(2)5-4-6-18(11(14)12(19)20)13(21)17(3)9-10-7-15-16-8-10/h7-8,11H,4-6,9H2,1-3H3,(H,15,16)(H,19,20). The van der Waals surface area contributed by atoms with Crippen LogP contribution >= 0.6 is 0 Å². The van der Waals surface area contributed by atoms with Crippen molar-refractivity contribution in [2.75, 3.05) is 13.6 Å². The number of nitrogens with zero attached hydrogens (tertiary/aromatic N) is 3. The van der Waals surface area contributed by atoms with Gasteiger partial charge in [0.25, 0.3) is 0 Å². The second-order valence-corrected chi connectivity index (χ2v) is 6.27. The molecular formula is C14H22N4O3. The summed E-state index contributed by atoms with van der Waals surface area (Å²) in [6, 6.07) is -1.04. The topological polar surface area (TPSA) is 89.5 Å². The number of carbonyl (C=O) groups is 2. The molecule has 0 radical (unpaired) electrons. The smallest absolute Gasteiger partial charge is 0.327 e. The van der Waals surface area contributed by atoms with Crippen LogP contribution in [0.5, 0.6) is 0 Å². The van der Waals surface area contributed by atoms with Crippen molar-refractivity contribution in [3.63, 3.8) is 0 Å². The third kappa shape index (κ3) is 3.17. The van der Waals surface area contributed by atoms with Crippen molar-refractivity contribution in [2.45, 2.75) is 39.3 Å². The molecule has 2 rings (SSSR count). The SMILES string of the molecule is CN(Cc1cn[nH]c1)C(=O)N1CCCC(C)(C)C1C(=O)O. The molecule has 1 saturated heterocycles. The van der Waals surface area contributed by atoms with Crippen LogP contribution in [0.25, 0.3) is 0 Å². The van der Waals surface area contributed by atoms with Crippen LogP contribution in [0.3, 0.4) is 0 Å². The molecule has 1 atom stereocenters. The van der Waals surface area contributed by atoms with Gasteiger partial charge in [-0.2, -0.15) is 5.10 Å². The van der Waals surface area contributed by atoms with E-state index in [2.05, 4.69) is 10.2 Å². The van der Waals surface area contributed by atoms with Crippen molar-refractivity contribution in [1.82, 2.24) is 20.0 Å². The van der Waals surface area contributed by atoms with Gasteiger partial charge in [-0.15, -0.1) is 0 Å². The number of carboxylic acid groups (broad SMARTS) is 1. The molecule has 7 nitrogen and oxygen atoms in total. The first-order chi connectivity index (χ1) is 9.83. The molecule has 1 aromatic rings. The fourth-order valence-corrected chi connectivity index (χ4v) is 2.99. The summed E-state index contributed by atoms with van der Waals surface area (Å²) in [6.45, 7) is 4.69. The fraction of sp³-hybridized carbons (Fsp3) is 0.643. The number of nitrogens with one attached hydrogen (secondary N) is 1. The number of hydrogen-bond donors (Lipinski definition) is 2. The lowest BCUT2D eigenvalue weighted by Gasteiger charge is -2.45. The Morgan fingerprint density at radius 3 is 2.86 bits per heavy atom. The maximum atomic E-state index is 12.6. The molecule has 0 bridgehead atoms. The minimum absolute atomic E-state index is 0.253. The van der Waals surface area contributed by atoms with Crippen molar-refractivity contribution in [1.29, 1.82) is 0 Å². The maximum absolute atomic E-state index is 12.6. The summed E-state index contributed by atoms with van der Waals surface area (Å²) < 4.78 is 0. The first kappa shape index (κ1) is 15.3. The van der Waals surface area contributed by atoms with Crippen LogP contribution in [0.15, 0.2) is 12.4 Å². The molecule has 0 spiro atoms. The Morgan fingerprint density at radius 1 is 1.57 bits per heavy atom. The van der Waals surface area contributed by atoms with Crippen molar-refractivity contribution in [2.24, 2.45) is 5.41 Å². The number of amides is 2. The van der Waals surface area contributed by atoms with E-state index < -0.39 is 17.4 Å². The molecule has 1 unspecified atom stereocenters. The molecule has 1 fully saturated rings. The van der Waals surface area contributed by atoms with Gasteiger partial charge in [0.15, 0.2) is 0 Å². The van der Waals surface area contributed by atoms with Gasteiger partial charge in [0.05, 0.1) is 12.7 Å². The van der Waals surface area contributed by atoms with Gasteiger partial charge in [0.2, 0.25) is 0 Å². The molecule has 2 amide bonds. The minimum Gasteiger partial charge on any atom is -0.480 e. The second-order valence-electron chi connectivity index (χ2n) is 6.27. The Kier molecular flexibility index (Phi) is 4.20. The molecular weight excluding hydrogens is 272 g/mol. The summed E-state index contributed by atoms with van der Waals surface area (Å²) in [5.74, 6) is -0.940. The van der Waals surface area contributed by atoms with E-state index in [1.54, 1.807) is 19.4 Å². The quantitative estimate of drug-likeness (QED) is 0.884. The monoisotopic (exact) mass is 294 g/mol. The summed E-state index contributed by atoms with van der Waals surface area (Å²) in [6.07, 6.45) is 5.00. The van der Waals surface area contributed by atoms with Gasteiger partial charge >= 0.3 is 12.0 Å². The molecule has 2 N–H and O–H groups in total. The number of likely N-dealkylation sites (tertiary alicyclic amines) is 1. The lowest BCUT2D eigenvalue weighted by atomic mass is 9.76. The molecule has 1 aliphatic rings. The number of hydrogen-bond acceptors (Lipinski definition) is 3. The van der Waals surface area contributed by atoms with E-state index in [1.165, 1.54) is 9.80 Å². The van der Waals surface area contributed by atoms with Crippen molar-refractivity contribution >= 4 is 12.0 Å². The molecule has 116 valence electrons. The Morgan fingerprint density at radius 2 is 2.29 bits per heavy atom. The number of rotatable bonds is 3. The second kappa shape index (κ2) is 5.75.